The quantitative estimate of drug-likeness (QED) is 0.815. The van der Waals surface area contributed by atoms with E-state index in [1.165, 1.54) is 12.7 Å². The maximum absolute atomic E-state index is 11.6. The molecule has 0 spiro atoms. The lowest BCUT2D eigenvalue weighted by molar-refractivity contribution is -0.199. The van der Waals surface area contributed by atoms with Gasteiger partial charge in [-0.15, -0.1) is 0 Å². The van der Waals surface area contributed by atoms with Gasteiger partial charge in [0.25, 0.3) is 0 Å². The van der Waals surface area contributed by atoms with E-state index in [-0.39, 0.29) is 17.6 Å². The summed E-state index contributed by atoms with van der Waals surface area (Å²) >= 11 is 0. The number of benzene rings is 1. The summed E-state index contributed by atoms with van der Waals surface area (Å²) in [6.45, 7) is 6.87. The predicted octanol–water partition coefficient (Wildman–Crippen LogP) is 2.23. The zero-order valence-corrected chi connectivity index (χ0v) is 16.8. The van der Waals surface area contributed by atoms with Gasteiger partial charge in [-0.25, -0.2) is 8.42 Å². The minimum absolute atomic E-state index is 0.128. The smallest absolute Gasteiger partial charge is 0.404 e. The summed E-state index contributed by atoms with van der Waals surface area (Å²) in [5.41, 5.74) is 7.46. The molecule has 7 heteroatoms. The van der Waals surface area contributed by atoms with Crippen molar-refractivity contribution in [1.29, 1.82) is 0 Å². The van der Waals surface area contributed by atoms with Crippen molar-refractivity contribution in [3.63, 3.8) is 0 Å². The van der Waals surface area contributed by atoms with Gasteiger partial charge in [0.1, 0.15) is 0 Å². The van der Waals surface area contributed by atoms with E-state index < -0.39 is 17.0 Å². The first-order valence-electron chi connectivity index (χ1n) is 9.39. The van der Waals surface area contributed by atoms with Crippen molar-refractivity contribution in [1.82, 2.24) is 0 Å². The van der Waals surface area contributed by atoms with Crippen LogP contribution in [0.1, 0.15) is 39.2 Å². The average Bonchev–Trinajstić information content (AvgIpc) is 2.91. The molecule has 5 rings (SSSR count). The Morgan fingerprint density at radius 3 is 2.46 bits per heavy atom. The van der Waals surface area contributed by atoms with E-state index in [0.29, 0.717) is 28.6 Å². The van der Waals surface area contributed by atoms with Crippen LogP contribution in [0.5, 0.6) is 0 Å². The van der Waals surface area contributed by atoms with E-state index in [1.54, 1.807) is 12.1 Å². The molecule has 4 fully saturated rings. The van der Waals surface area contributed by atoms with Crippen LogP contribution in [0.2, 0.25) is 0 Å². The molecule has 3 aliphatic carbocycles. The Morgan fingerprint density at radius 1 is 1.23 bits per heavy atom. The lowest BCUT2D eigenvalue weighted by Gasteiger charge is -2.64. The fourth-order valence-corrected chi connectivity index (χ4v) is 5.95. The van der Waals surface area contributed by atoms with E-state index in [4.69, 9.17) is 15.0 Å². The highest BCUT2D eigenvalue weighted by molar-refractivity contribution is 7.90. The molecule has 2 bridgehead atoms. The van der Waals surface area contributed by atoms with E-state index in [2.05, 4.69) is 20.8 Å². The van der Waals surface area contributed by atoms with Gasteiger partial charge in [-0.2, -0.15) is 0 Å². The van der Waals surface area contributed by atoms with Crippen LogP contribution in [0.25, 0.3) is 0 Å². The van der Waals surface area contributed by atoms with E-state index in [0.717, 1.165) is 12.0 Å². The highest BCUT2D eigenvalue weighted by Crippen LogP contribution is 2.65. The Balaban J connectivity index is 1.45. The largest absolute Gasteiger partial charge is 0.475 e. The highest BCUT2D eigenvalue weighted by atomic mass is 32.2. The van der Waals surface area contributed by atoms with E-state index >= 15 is 0 Å². The van der Waals surface area contributed by atoms with Crippen LogP contribution in [0.15, 0.2) is 29.2 Å². The molecule has 2 N–H and O–H groups in total. The average molecular weight is 377 g/mol. The van der Waals surface area contributed by atoms with Gasteiger partial charge in [0.2, 0.25) is 0 Å². The second kappa shape index (κ2) is 5.80. The topological polar surface area (TPSA) is 78.6 Å². The lowest BCUT2D eigenvalue weighted by Crippen LogP contribution is -2.65. The first-order valence-corrected chi connectivity index (χ1v) is 11.3. The van der Waals surface area contributed by atoms with Crippen molar-refractivity contribution in [3.05, 3.63) is 29.8 Å². The number of sulfone groups is 1. The third-order valence-electron chi connectivity index (χ3n) is 7.14. The van der Waals surface area contributed by atoms with Crippen molar-refractivity contribution in [2.45, 2.75) is 62.6 Å². The molecule has 1 unspecified atom stereocenters. The van der Waals surface area contributed by atoms with Crippen molar-refractivity contribution >= 4 is 17.0 Å². The first-order chi connectivity index (χ1) is 12.0. The molecule has 1 heterocycles. The Hall–Kier alpha value is -0.885. The molecule has 1 aromatic rings. The third-order valence-corrected chi connectivity index (χ3v) is 8.27. The number of hydrogen-bond donors (Lipinski definition) is 1. The Morgan fingerprint density at radius 2 is 1.88 bits per heavy atom. The second-order valence-electron chi connectivity index (χ2n) is 9.12. The fraction of sp³-hybridized carbons (Fsp3) is 0.684. The fourth-order valence-electron chi connectivity index (χ4n) is 5.32. The van der Waals surface area contributed by atoms with Crippen molar-refractivity contribution in [2.75, 3.05) is 6.26 Å². The summed E-state index contributed by atoms with van der Waals surface area (Å²) in [5, 5.41) is 0. The summed E-state index contributed by atoms with van der Waals surface area (Å²) in [7, 11) is -3.59. The molecule has 0 amide bonds. The summed E-state index contributed by atoms with van der Waals surface area (Å²) in [5.74, 6) is 0.958. The van der Waals surface area contributed by atoms with Gasteiger partial charge >= 0.3 is 7.12 Å². The molecular weight excluding hydrogens is 349 g/mol. The van der Waals surface area contributed by atoms with Gasteiger partial charge in [0, 0.05) is 12.2 Å². The van der Waals surface area contributed by atoms with E-state index in [9.17, 15) is 8.42 Å². The number of hydrogen-bond acceptors (Lipinski definition) is 5. The summed E-state index contributed by atoms with van der Waals surface area (Å²) in [6.07, 6.45) is 4.20. The van der Waals surface area contributed by atoms with Crippen LogP contribution in [0.3, 0.4) is 0 Å². The Bertz CT molecular complexity index is 809. The minimum atomic E-state index is -3.18. The third kappa shape index (κ3) is 2.75. The monoisotopic (exact) mass is 377 g/mol. The van der Waals surface area contributed by atoms with Crippen LogP contribution in [0, 0.1) is 17.3 Å². The van der Waals surface area contributed by atoms with Gasteiger partial charge in [-0.05, 0) is 61.1 Å². The predicted molar refractivity (Wildman–Crippen MR) is 101 cm³/mol. The SMILES string of the molecule is CC1(C)C2C[C@H]3OB([C@@H](N)Cc4ccc(S(C)(=O)=O)cc4)O[C@@]3(C)[C@H]1C2. The van der Waals surface area contributed by atoms with Crippen LogP contribution in [0.4, 0.5) is 0 Å². The molecule has 5 nitrogen and oxygen atoms in total. The van der Waals surface area contributed by atoms with Crippen LogP contribution < -0.4 is 5.73 Å². The molecule has 4 aliphatic rings. The Labute approximate surface area is 156 Å². The molecule has 1 aliphatic heterocycles. The summed E-state index contributed by atoms with van der Waals surface area (Å²) < 4.78 is 35.8. The molecule has 0 aromatic heterocycles. The maximum atomic E-state index is 11.6. The minimum Gasteiger partial charge on any atom is -0.404 e. The molecule has 3 saturated carbocycles. The molecule has 0 radical (unpaired) electrons. The first kappa shape index (κ1) is 18.5. The number of rotatable bonds is 4. The van der Waals surface area contributed by atoms with Gasteiger partial charge < -0.3 is 15.0 Å². The number of nitrogens with two attached hydrogens (primary N) is 1. The van der Waals surface area contributed by atoms with Gasteiger partial charge in [-0.1, -0.05) is 26.0 Å². The van der Waals surface area contributed by atoms with E-state index in [1.807, 2.05) is 12.1 Å². The van der Waals surface area contributed by atoms with Crippen molar-refractivity contribution in [2.24, 2.45) is 23.0 Å². The van der Waals surface area contributed by atoms with Crippen LogP contribution >= 0.6 is 0 Å². The molecule has 5 atom stereocenters. The van der Waals surface area contributed by atoms with Crippen molar-refractivity contribution < 1.29 is 17.7 Å². The van der Waals surface area contributed by atoms with Crippen molar-refractivity contribution in [3.8, 4) is 0 Å². The molecule has 1 aromatic carbocycles. The standard InChI is InChI=1S/C19H28BNO4S/c1-18(2)13-10-15(18)19(3)16(11-13)24-20(25-19)17(21)9-12-5-7-14(8-6-12)26(4,22)23/h5-8,13,15-17H,9-11,21H2,1-4H3/t13?,15-,16+,17-,19-/m0/s1. The van der Waals surface area contributed by atoms with Crippen LogP contribution in [-0.4, -0.2) is 39.4 Å². The lowest BCUT2D eigenvalue weighted by atomic mass is 9.43. The summed E-state index contributed by atoms with van der Waals surface area (Å²) in [4.78, 5) is 0.323. The second-order valence-corrected chi connectivity index (χ2v) is 11.1. The van der Waals surface area contributed by atoms with Gasteiger partial charge in [0.15, 0.2) is 9.84 Å². The molecule has 1 saturated heterocycles. The molecular formula is C19H28BNO4S. The highest BCUT2D eigenvalue weighted by Gasteiger charge is 2.68. The zero-order chi connectivity index (χ0) is 18.9. The van der Waals surface area contributed by atoms with Gasteiger partial charge in [0.05, 0.1) is 16.6 Å². The molecule has 26 heavy (non-hydrogen) atoms. The normalized spacial score (nSPS) is 36.3. The Kier molecular flexibility index (Phi) is 4.12. The summed E-state index contributed by atoms with van der Waals surface area (Å²) in [6, 6.07) is 6.90. The van der Waals surface area contributed by atoms with Crippen LogP contribution in [-0.2, 0) is 25.6 Å². The zero-order valence-electron chi connectivity index (χ0n) is 15.9. The molecule has 142 valence electrons. The maximum Gasteiger partial charge on any atom is 0.475 e. The van der Waals surface area contributed by atoms with Gasteiger partial charge in [-0.3, -0.25) is 0 Å².